The zero-order valence-electron chi connectivity index (χ0n) is 19.1. The highest BCUT2D eigenvalue weighted by molar-refractivity contribution is 6.31. The number of benzene rings is 1. The number of amides is 1. The van der Waals surface area contributed by atoms with Crippen LogP contribution < -0.4 is 16.0 Å². The van der Waals surface area contributed by atoms with Crippen molar-refractivity contribution in [2.45, 2.75) is 32.9 Å². The fraction of sp³-hybridized carbons (Fsp3) is 0.261. The molecule has 2 aromatic heterocycles. The van der Waals surface area contributed by atoms with Gasteiger partial charge in [0.05, 0.1) is 23.1 Å². The monoisotopic (exact) mass is 467 g/mol. The first kappa shape index (κ1) is 24.1. The van der Waals surface area contributed by atoms with E-state index < -0.39 is 0 Å². The number of anilines is 2. The minimum Gasteiger partial charge on any atom is -0.348 e. The molecular weight excluding hydrogens is 440 g/mol. The molecule has 1 amide bonds. The lowest BCUT2D eigenvalue weighted by Gasteiger charge is -2.14. The third-order valence-corrected chi connectivity index (χ3v) is 4.94. The second-order valence-corrected chi connectivity index (χ2v) is 8.99. The molecule has 0 saturated carbocycles. The minimum atomic E-state index is -0.326. The van der Waals surface area contributed by atoms with Crippen LogP contribution >= 0.6 is 11.6 Å². The van der Waals surface area contributed by atoms with Crippen LogP contribution in [0.4, 0.5) is 11.6 Å². The van der Waals surface area contributed by atoms with Crippen molar-refractivity contribution in [2.75, 3.05) is 5.32 Å². The Hall–Kier alpha value is -3.56. The fourth-order valence-electron chi connectivity index (χ4n) is 2.85. The predicted octanol–water partition coefficient (Wildman–Crippen LogP) is 2.79. The molecule has 0 radical (unpaired) electrons. The number of nitrogens with one attached hydrogen (secondary N) is 3. The van der Waals surface area contributed by atoms with E-state index in [1.54, 1.807) is 35.4 Å². The Bertz CT molecular complexity index is 1180. The number of rotatable bonds is 8. The average Bonchev–Trinajstić information content (AvgIpc) is 3.17. The van der Waals surface area contributed by atoms with Crippen LogP contribution in [0.2, 0.25) is 5.02 Å². The van der Waals surface area contributed by atoms with E-state index in [2.05, 4.69) is 25.7 Å². The van der Waals surface area contributed by atoms with Crippen molar-refractivity contribution in [1.82, 2.24) is 25.1 Å². The number of carbonyl (C=O) groups is 1. The van der Waals surface area contributed by atoms with Gasteiger partial charge in [-0.15, -0.1) is 0 Å². The summed E-state index contributed by atoms with van der Waals surface area (Å²) in [5.74, 6) is 0.124. The molecule has 9 nitrogen and oxygen atoms in total. The van der Waals surface area contributed by atoms with Crippen LogP contribution in [0.25, 0.3) is 11.3 Å². The maximum atomic E-state index is 12.4. The van der Waals surface area contributed by atoms with Gasteiger partial charge in [-0.2, -0.15) is 5.10 Å². The molecule has 0 unspecified atom stereocenters. The lowest BCUT2D eigenvalue weighted by Crippen LogP contribution is -2.89. The lowest BCUT2D eigenvalue weighted by atomic mass is 10.1. The first-order valence-corrected chi connectivity index (χ1v) is 10.7. The van der Waals surface area contributed by atoms with E-state index in [9.17, 15) is 4.79 Å². The Morgan fingerprint density at radius 2 is 2.09 bits per heavy atom. The number of hydrogen-bond donors (Lipinski definition) is 4. The largest absolute Gasteiger partial charge is 0.348 e. The molecule has 2 heterocycles. The Kier molecular flexibility index (Phi) is 7.57. The van der Waals surface area contributed by atoms with E-state index in [1.807, 2.05) is 51.5 Å². The van der Waals surface area contributed by atoms with Crippen molar-refractivity contribution in [3.63, 3.8) is 0 Å². The molecule has 0 saturated heterocycles. The van der Waals surface area contributed by atoms with Crippen LogP contribution in [0.1, 0.15) is 26.3 Å². The van der Waals surface area contributed by atoms with E-state index in [0.717, 1.165) is 23.0 Å². The van der Waals surface area contributed by atoms with Crippen LogP contribution in [0.3, 0.4) is 0 Å². The summed E-state index contributed by atoms with van der Waals surface area (Å²) >= 11 is 6.48. The zero-order valence-corrected chi connectivity index (χ0v) is 19.8. The molecule has 172 valence electrons. The highest BCUT2D eigenvalue weighted by atomic mass is 35.5. The number of nitrogens with zero attached hydrogens (tertiary/aromatic N) is 4. The van der Waals surface area contributed by atoms with Crippen LogP contribution in [0.15, 0.2) is 54.6 Å². The van der Waals surface area contributed by atoms with Gasteiger partial charge in [0.2, 0.25) is 5.95 Å². The highest BCUT2D eigenvalue weighted by Gasteiger charge is 2.15. The van der Waals surface area contributed by atoms with Crippen molar-refractivity contribution in [2.24, 2.45) is 7.05 Å². The van der Waals surface area contributed by atoms with E-state index in [0.29, 0.717) is 16.7 Å². The second-order valence-electron chi connectivity index (χ2n) is 8.58. The molecular formula is C23H28ClN8O+. The number of aromatic nitrogens is 4. The van der Waals surface area contributed by atoms with Gasteiger partial charge in [0, 0.05) is 42.8 Å². The molecule has 0 fully saturated rings. The third kappa shape index (κ3) is 6.96. The van der Waals surface area contributed by atoms with Crippen LogP contribution in [0, 0.1) is 5.41 Å². The van der Waals surface area contributed by atoms with Crippen molar-refractivity contribution in [3.05, 3.63) is 65.2 Å². The Balaban J connectivity index is 1.68. The molecule has 3 rings (SSSR count). The molecule has 10 heteroatoms. The Morgan fingerprint density at radius 3 is 2.73 bits per heavy atom. The van der Waals surface area contributed by atoms with Crippen LogP contribution in [-0.4, -0.2) is 37.4 Å². The maximum absolute atomic E-state index is 12.4. The second kappa shape index (κ2) is 10.4. The van der Waals surface area contributed by atoms with Gasteiger partial charge in [-0.25, -0.2) is 9.97 Å². The normalized spacial score (nSPS) is 11.8. The molecule has 0 aliphatic carbocycles. The summed E-state index contributed by atoms with van der Waals surface area (Å²) in [6, 6.07) is 7.35. The number of hydrogen-bond acceptors (Lipinski definition) is 6. The van der Waals surface area contributed by atoms with Gasteiger partial charge in [-0.3, -0.25) is 9.48 Å². The maximum Gasteiger partial charge on any atom is 0.258 e. The minimum absolute atomic E-state index is 0.0813. The predicted molar refractivity (Wildman–Crippen MR) is 129 cm³/mol. The highest BCUT2D eigenvalue weighted by Crippen LogP contribution is 2.25. The van der Waals surface area contributed by atoms with E-state index in [4.69, 9.17) is 17.0 Å². The fourth-order valence-corrected chi connectivity index (χ4v) is 3.10. The Labute approximate surface area is 197 Å². The first-order valence-electron chi connectivity index (χ1n) is 10.4. The van der Waals surface area contributed by atoms with Gasteiger partial charge < -0.3 is 21.4 Å². The molecule has 0 bridgehead atoms. The number of aryl methyl sites for hydroxylation is 1. The molecule has 1 aromatic carbocycles. The molecule has 5 N–H and O–H groups in total. The summed E-state index contributed by atoms with van der Waals surface area (Å²) in [4.78, 5) is 21.2. The topological polar surface area (TPSA) is 125 Å². The SMILES string of the molecule is Cn1cc(Nc2nccc(-c3ccc(CNC(=O)/C(C=N)=C/[NH2+]C(C)(C)C)c(Cl)c3)n2)cn1. The van der Waals surface area contributed by atoms with Gasteiger partial charge in [0.15, 0.2) is 0 Å². The zero-order chi connectivity index (χ0) is 24.0. The van der Waals surface area contributed by atoms with Crippen molar-refractivity contribution < 1.29 is 10.1 Å². The summed E-state index contributed by atoms with van der Waals surface area (Å²) in [5.41, 5.74) is 3.29. The molecule has 0 atom stereocenters. The van der Waals surface area contributed by atoms with Crippen LogP contribution in [0.5, 0.6) is 0 Å². The standard InChI is InChI=1S/C23H27ClN8O/c1-23(2,3)28-12-17(10-25)21(33)27-11-16-6-5-15(9-19(16)24)20-7-8-26-22(31-20)30-18-13-29-32(4)14-18/h5-10,12-14,25,28H,11H2,1-4H3,(H,27,33)(H,26,30,31)/p+1/b17-12+,25-10?. The quantitative estimate of drug-likeness (QED) is 0.299. The molecule has 33 heavy (non-hydrogen) atoms. The summed E-state index contributed by atoms with van der Waals surface area (Å²) in [6.45, 7) is 6.33. The average molecular weight is 468 g/mol. The summed E-state index contributed by atoms with van der Waals surface area (Å²) in [6.07, 6.45) is 7.91. The van der Waals surface area contributed by atoms with Crippen LogP contribution in [-0.2, 0) is 18.4 Å². The van der Waals surface area contributed by atoms with Gasteiger partial charge >= 0.3 is 0 Å². The van der Waals surface area contributed by atoms with E-state index >= 15 is 0 Å². The van der Waals surface area contributed by atoms with Gasteiger partial charge in [0.25, 0.3) is 5.91 Å². The third-order valence-electron chi connectivity index (χ3n) is 4.59. The number of quaternary nitrogens is 1. The van der Waals surface area contributed by atoms with Gasteiger partial charge in [0.1, 0.15) is 11.8 Å². The Morgan fingerprint density at radius 1 is 1.30 bits per heavy atom. The summed E-state index contributed by atoms with van der Waals surface area (Å²) in [5, 5.41) is 20.0. The van der Waals surface area contributed by atoms with Gasteiger partial charge in [-0.05, 0) is 38.5 Å². The van der Waals surface area contributed by atoms with Gasteiger partial charge in [-0.1, -0.05) is 23.7 Å². The molecule has 0 aliphatic rings. The van der Waals surface area contributed by atoms with Crippen molar-refractivity contribution in [1.29, 1.82) is 5.41 Å². The smallest absolute Gasteiger partial charge is 0.258 e. The lowest BCUT2D eigenvalue weighted by molar-refractivity contribution is -0.657. The number of nitrogens with two attached hydrogens (primary N) is 1. The summed E-state index contributed by atoms with van der Waals surface area (Å²) in [7, 11) is 1.83. The van der Waals surface area contributed by atoms with Crippen molar-refractivity contribution >= 4 is 35.4 Å². The van der Waals surface area contributed by atoms with Crippen molar-refractivity contribution in [3.8, 4) is 11.3 Å². The van der Waals surface area contributed by atoms with E-state index in [-0.39, 0.29) is 23.6 Å². The molecule has 0 spiro atoms. The summed E-state index contributed by atoms with van der Waals surface area (Å²) < 4.78 is 1.69. The molecule has 3 aromatic rings. The number of halogens is 1. The van der Waals surface area contributed by atoms with E-state index in [1.165, 1.54) is 0 Å². The number of carbonyl (C=O) groups excluding carboxylic acids is 1. The first-order chi connectivity index (χ1) is 15.6. The molecule has 0 aliphatic heterocycles.